The molecular formula is C22H23F2NO3. The van der Waals surface area contributed by atoms with E-state index in [1.165, 1.54) is 0 Å². The molecule has 0 saturated carbocycles. The zero-order valence-corrected chi connectivity index (χ0v) is 16.0. The molecule has 0 saturated heterocycles. The topological polar surface area (TPSA) is 40.6 Å². The van der Waals surface area contributed by atoms with Crippen LogP contribution in [0, 0.1) is 0 Å². The number of nitrogens with zero attached hydrogens (tertiary/aromatic N) is 1. The molecule has 0 fully saturated rings. The van der Waals surface area contributed by atoms with Gasteiger partial charge in [-0.1, -0.05) is 12.1 Å². The van der Waals surface area contributed by atoms with Gasteiger partial charge in [0, 0.05) is 24.4 Å². The lowest BCUT2D eigenvalue weighted by molar-refractivity contribution is 0.260. The highest BCUT2D eigenvalue weighted by atomic mass is 19.1. The van der Waals surface area contributed by atoms with Crippen LogP contribution < -0.4 is 14.2 Å². The number of ether oxygens (including phenoxy) is 3. The number of alkyl halides is 2. The van der Waals surface area contributed by atoms with Gasteiger partial charge in [-0.3, -0.25) is 9.37 Å². The summed E-state index contributed by atoms with van der Waals surface area (Å²) in [4.78, 5) is 4.52. The molecule has 0 aliphatic heterocycles. The smallest absolute Gasteiger partial charge is 0.161 e. The average molecular weight is 387 g/mol. The van der Waals surface area contributed by atoms with Crippen LogP contribution in [0.1, 0.15) is 16.8 Å². The first-order valence-electron chi connectivity index (χ1n) is 9.06. The number of pyridine rings is 1. The molecule has 0 N–H and O–H groups in total. The van der Waals surface area contributed by atoms with E-state index in [0.717, 1.165) is 27.6 Å². The molecule has 0 atom stereocenters. The first kappa shape index (κ1) is 19.9. The Balaban J connectivity index is 2.00. The lowest BCUT2D eigenvalue weighted by Gasteiger charge is -2.14. The molecular weight excluding hydrogens is 364 g/mol. The molecule has 1 heterocycles. The van der Waals surface area contributed by atoms with Gasteiger partial charge in [0.2, 0.25) is 0 Å². The van der Waals surface area contributed by atoms with E-state index in [2.05, 4.69) is 4.98 Å². The maximum atomic E-state index is 12.9. The Morgan fingerprint density at radius 1 is 0.893 bits per heavy atom. The molecule has 0 spiro atoms. The van der Waals surface area contributed by atoms with Crippen molar-refractivity contribution >= 4 is 10.8 Å². The summed E-state index contributed by atoms with van der Waals surface area (Å²) in [6, 6.07) is 11.3. The Kier molecular flexibility index (Phi) is 6.63. The number of benzene rings is 2. The average Bonchev–Trinajstić information content (AvgIpc) is 2.72. The predicted molar refractivity (Wildman–Crippen MR) is 105 cm³/mol. The number of hydrogen-bond donors (Lipinski definition) is 0. The van der Waals surface area contributed by atoms with Crippen LogP contribution in [0.15, 0.2) is 42.6 Å². The van der Waals surface area contributed by atoms with Gasteiger partial charge in [0.15, 0.2) is 11.5 Å². The number of fused-ring (bicyclic) bond motifs is 1. The molecule has 0 unspecified atom stereocenters. The van der Waals surface area contributed by atoms with Gasteiger partial charge in [0.1, 0.15) is 19.0 Å². The number of hydrogen-bond acceptors (Lipinski definition) is 4. The predicted octanol–water partition coefficient (Wildman–Crippen LogP) is 4.70. The summed E-state index contributed by atoms with van der Waals surface area (Å²) >= 11 is 0. The van der Waals surface area contributed by atoms with E-state index in [-0.39, 0.29) is 6.61 Å². The third-order valence-electron chi connectivity index (χ3n) is 4.55. The second-order valence-corrected chi connectivity index (χ2v) is 6.28. The Bertz CT molecular complexity index is 946. The van der Waals surface area contributed by atoms with Crippen LogP contribution in [0.25, 0.3) is 10.8 Å². The van der Waals surface area contributed by atoms with Gasteiger partial charge in [-0.05, 0) is 40.8 Å². The van der Waals surface area contributed by atoms with Gasteiger partial charge < -0.3 is 14.2 Å². The van der Waals surface area contributed by atoms with Gasteiger partial charge in [-0.15, -0.1) is 0 Å². The first-order valence-corrected chi connectivity index (χ1v) is 9.06. The third-order valence-corrected chi connectivity index (χ3v) is 4.55. The minimum Gasteiger partial charge on any atom is -0.496 e. The molecule has 2 aromatic carbocycles. The highest BCUT2D eigenvalue weighted by Gasteiger charge is 2.12. The first-order chi connectivity index (χ1) is 13.7. The Labute approximate surface area is 163 Å². The summed E-state index contributed by atoms with van der Waals surface area (Å²) in [7, 11) is 3.13. The van der Waals surface area contributed by atoms with Gasteiger partial charge >= 0.3 is 0 Å². The minimum atomic E-state index is -0.579. The third kappa shape index (κ3) is 4.32. The molecule has 4 nitrogen and oxygen atoms in total. The van der Waals surface area contributed by atoms with E-state index < -0.39 is 13.3 Å². The van der Waals surface area contributed by atoms with Gasteiger partial charge in [0.25, 0.3) is 0 Å². The van der Waals surface area contributed by atoms with Crippen molar-refractivity contribution < 1.29 is 23.0 Å². The van der Waals surface area contributed by atoms with Crippen LogP contribution in [0.5, 0.6) is 17.2 Å². The van der Waals surface area contributed by atoms with E-state index in [1.807, 2.05) is 36.4 Å². The SMILES string of the molecule is COc1ccc(Cc2nccc3cc(OC)c(OCCF)cc23)cc1CCF. The van der Waals surface area contributed by atoms with Crippen LogP contribution in [0.2, 0.25) is 0 Å². The summed E-state index contributed by atoms with van der Waals surface area (Å²) in [5.74, 6) is 1.71. The Morgan fingerprint density at radius 2 is 1.71 bits per heavy atom. The highest BCUT2D eigenvalue weighted by molar-refractivity contribution is 5.88. The van der Waals surface area contributed by atoms with Crippen molar-refractivity contribution in [2.45, 2.75) is 12.8 Å². The maximum absolute atomic E-state index is 12.9. The fourth-order valence-electron chi connectivity index (χ4n) is 3.23. The van der Waals surface area contributed by atoms with E-state index in [0.29, 0.717) is 30.1 Å². The van der Waals surface area contributed by atoms with Crippen molar-refractivity contribution in [2.75, 3.05) is 34.2 Å². The number of halogens is 2. The Morgan fingerprint density at radius 3 is 2.43 bits per heavy atom. The molecule has 148 valence electrons. The number of aromatic nitrogens is 1. The quantitative estimate of drug-likeness (QED) is 0.534. The van der Waals surface area contributed by atoms with E-state index in [1.54, 1.807) is 20.4 Å². The van der Waals surface area contributed by atoms with Gasteiger partial charge in [0.05, 0.1) is 26.6 Å². The second-order valence-electron chi connectivity index (χ2n) is 6.28. The lowest BCUT2D eigenvalue weighted by atomic mass is 10.0. The zero-order valence-electron chi connectivity index (χ0n) is 16.0. The maximum Gasteiger partial charge on any atom is 0.161 e. The molecule has 28 heavy (non-hydrogen) atoms. The fourth-order valence-corrected chi connectivity index (χ4v) is 3.23. The van der Waals surface area contributed by atoms with E-state index in [9.17, 15) is 8.78 Å². The van der Waals surface area contributed by atoms with Crippen molar-refractivity contribution in [3.63, 3.8) is 0 Å². The van der Waals surface area contributed by atoms with E-state index >= 15 is 0 Å². The van der Waals surface area contributed by atoms with Gasteiger partial charge in [-0.25, -0.2) is 4.39 Å². The summed E-state index contributed by atoms with van der Waals surface area (Å²) in [5.41, 5.74) is 2.68. The Hall–Kier alpha value is -2.89. The molecule has 0 aliphatic carbocycles. The zero-order chi connectivity index (χ0) is 19.9. The van der Waals surface area contributed by atoms with Crippen LogP contribution in [-0.4, -0.2) is 39.2 Å². The molecule has 0 amide bonds. The van der Waals surface area contributed by atoms with Crippen molar-refractivity contribution in [1.82, 2.24) is 4.98 Å². The van der Waals surface area contributed by atoms with Crippen LogP contribution in [0.3, 0.4) is 0 Å². The van der Waals surface area contributed by atoms with Crippen LogP contribution in [0.4, 0.5) is 8.78 Å². The second kappa shape index (κ2) is 9.35. The van der Waals surface area contributed by atoms with Crippen molar-refractivity contribution in [3.05, 3.63) is 59.4 Å². The fraction of sp³-hybridized carbons (Fsp3) is 0.318. The normalized spacial score (nSPS) is 10.9. The number of rotatable bonds is 9. The number of methoxy groups -OCH3 is 2. The van der Waals surface area contributed by atoms with E-state index in [4.69, 9.17) is 14.2 Å². The summed E-state index contributed by atoms with van der Waals surface area (Å²) < 4.78 is 41.6. The van der Waals surface area contributed by atoms with Crippen LogP contribution in [-0.2, 0) is 12.8 Å². The minimum absolute atomic E-state index is 0.0392. The van der Waals surface area contributed by atoms with Gasteiger partial charge in [-0.2, -0.15) is 0 Å². The molecule has 3 aromatic rings. The summed E-state index contributed by atoms with van der Waals surface area (Å²) in [6.45, 7) is -1.06. The summed E-state index contributed by atoms with van der Waals surface area (Å²) in [5, 5.41) is 1.85. The molecule has 1 aromatic heterocycles. The van der Waals surface area contributed by atoms with Crippen molar-refractivity contribution in [1.29, 1.82) is 0 Å². The van der Waals surface area contributed by atoms with Crippen molar-refractivity contribution in [3.8, 4) is 17.2 Å². The van der Waals surface area contributed by atoms with Crippen molar-refractivity contribution in [2.24, 2.45) is 0 Å². The summed E-state index contributed by atoms with van der Waals surface area (Å²) in [6.07, 6.45) is 2.61. The monoisotopic (exact) mass is 387 g/mol. The molecule has 3 rings (SSSR count). The lowest BCUT2D eigenvalue weighted by Crippen LogP contribution is -2.02. The molecule has 6 heteroatoms. The standard InChI is InChI=1S/C22H23F2NO3/c1-26-20-4-3-15(11-17(20)5-7-23)12-19-18-14-22(28-10-8-24)21(27-2)13-16(18)6-9-25-19/h3-4,6,9,11,13-14H,5,7-8,10,12H2,1-2H3. The number of aryl methyl sites for hydroxylation is 1. The highest BCUT2D eigenvalue weighted by Crippen LogP contribution is 2.34. The van der Waals surface area contributed by atoms with Crippen LogP contribution >= 0.6 is 0 Å². The largest absolute Gasteiger partial charge is 0.496 e. The molecule has 0 bridgehead atoms. The molecule has 0 aliphatic rings. The molecule has 0 radical (unpaired) electrons.